The van der Waals surface area contributed by atoms with Gasteiger partial charge in [-0.15, -0.1) is 0 Å². The van der Waals surface area contributed by atoms with Crippen LogP contribution in [0, 0.1) is 3.57 Å². The van der Waals surface area contributed by atoms with Gasteiger partial charge in [-0.2, -0.15) is 0 Å². The second kappa shape index (κ2) is 11.2. The van der Waals surface area contributed by atoms with Gasteiger partial charge in [0.05, 0.1) is 21.4 Å². The van der Waals surface area contributed by atoms with E-state index in [9.17, 15) is 19.2 Å². The zero-order chi connectivity index (χ0) is 26.5. The minimum absolute atomic E-state index is 0.172. The number of carbonyl (C=O) groups is 4. The summed E-state index contributed by atoms with van der Waals surface area (Å²) in [7, 11) is 0. The van der Waals surface area contributed by atoms with E-state index in [-0.39, 0.29) is 17.7 Å². The molecule has 2 N–H and O–H groups in total. The third kappa shape index (κ3) is 5.80. The molecule has 0 bridgehead atoms. The molecular formula is C27H21IN2O7. The zero-order valence-corrected chi connectivity index (χ0v) is 21.7. The summed E-state index contributed by atoms with van der Waals surface area (Å²) in [6.07, 6.45) is 1.40. The first-order valence-corrected chi connectivity index (χ1v) is 12.2. The number of rotatable bonds is 8. The number of urea groups is 1. The first-order valence-electron chi connectivity index (χ1n) is 11.2. The van der Waals surface area contributed by atoms with Crippen LogP contribution < -0.4 is 19.7 Å². The van der Waals surface area contributed by atoms with Gasteiger partial charge < -0.3 is 14.6 Å². The van der Waals surface area contributed by atoms with Crippen LogP contribution in [0.4, 0.5) is 10.5 Å². The lowest BCUT2D eigenvalue weighted by Crippen LogP contribution is -2.54. The van der Waals surface area contributed by atoms with E-state index in [0.717, 1.165) is 10.5 Å². The number of carboxylic acid groups (broad SMARTS) is 1. The van der Waals surface area contributed by atoms with Crippen LogP contribution in [0.3, 0.4) is 0 Å². The Morgan fingerprint density at radius 1 is 1.03 bits per heavy atom. The number of anilines is 1. The van der Waals surface area contributed by atoms with Crippen molar-refractivity contribution in [3.8, 4) is 11.5 Å². The zero-order valence-electron chi connectivity index (χ0n) is 19.6. The number of aromatic carboxylic acids is 1. The highest BCUT2D eigenvalue weighted by molar-refractivity contribution is 14.1. The summed E-state index contributed by atoms with van der Waals surface area (Å²) in [5.74, 6) is -1.67. The minimum atomic E-state index is -1.01. The summed E-state index contributed by atoms with van der Waals surface area (Å²) >= 11 is 2.07. The standard InChI is InChI=1S/C27H21IN2O7/c1-2-36-22-14-17(13-21(28)23(22)37-15-16-8-10-18(11-9-16)26(33)34)12-20-24(31)29-27(35)30(25(20)32)19-6-4-3-5-7-19/h3-14H,2,15H2,1H3,(H,33,34)(H,29,31,35)/b20-12+. The molecule has 0 aromatic heterocycles. The maximum Gasteiger partial charge on any atom is 0.335 e. The molecule has 10 heteroatoms. The lowest BCUT2D eigenvalue weighted by atomic mass is 10.1. The number of carbonyl (C=O) groups excluding carboxylic acids is 3. The van der Waals surface area contributed by atoms with Gasteiger partial charge in [0.1, 0.15) is 12.2 Å². The number of imide groups is 2. The fourth-order valence-corrected chi connectivity index (χ4v) is 4.39. The molecule has 3 aromatic rings. The highest BCUT2D eigenvalue weighted by Gasteiger charge is 2.36. The number of amides is 4. The number of hydrogen-bond acceptors (Lipinski definition) is 6. The molecule has 4 amide bonds. The van der Waals surface area contributed by atoms with Gasteiger partial charge in [0.15, 0.2) is 11.5 Å². The van der Waals surface area contributed by atoms with Crippen molar-refractivity contribution >= 4 is 58.2 Å². The van der Waals surface area contributed by atoms with Crippen LogP contribution in [0.15, 0.2) is 72.3 Å². The number of hydrogen-bond donors (Lipinski definition) is 2. The first-order chi connectivity index (χ1) is 17.8. The largest absolute Gasteiger partial charge is 0.490 e. The Morgan fingerprint density at radius 3 is 2.38 bits per heavy atom. The molecule has 188 valence electrons. The van der Waals surface area contributed by atoms with E-state index in [1.807, 2.05) is 6.92 Å². The average Bonchev–Trinajstić information content (AvgIpc) is 2.87. The summed E-state index contributed by atoms with van der Waals surface area (Å²) < 4.78 is 12.4. The van der Waals surface area contributed by atoms with Crippen molar-refractivity contribution in [1.29, 1.82) is 0 Å². The first kappa shape index (κ1) is 25.9. The molecule has 4 rings (SSSR count). The smallest absolute Gasteiger partial charge is 0.335 e. The number of ether oxygens (including phenoxy) is 2. The average molecular weight is 612 g/mol. The van der Waals surface area contributed by atoms with Crippen molar-refractivity contribution in [1.82, 2.24) is 5.32 Å². The lowest BCUT2D eigenvalue weighted by Gasteiger charge is -2.26. The molecule has 0 radical (unpaired) electrons. The number of nitrogens with zero attached hydrogens (tertiary/aromatic N) is 1. The van der Waals surface area contributed by atoms with Crippen molar-refractivity contribution < 1.29 is 33.8 Å². The van der Waals surface area contributed by atoms with Crippen molar-refractivity contribution in [3.05, 3.63) is 92.6 Å². The molecule has 1 aliphatic heterocycles. The molecule has 0 atom stereocenters. The number of para-hydroxylation sites is 1. The molecule has 0 saturated carbocycles. The Hall–Kier alpha value is -4.19. The second-order valence-electron chi connectivity index (χ2n) is 7.85. The summed E-state index contributed by atoms with van der Waals surface area (Å²) in [6, 6.07) is 17.2. The normalized spacial score (nSPS) is 14.5. The van der Waals surface area contributed by atoms with E-state index in [2.05, 4.69) is 27.9 Å². The molecule has 37 heavy (non-hydrogen) atoms. The van der Waals surface area contributed by atoms with Crippen LogP contribution in [-0.4, -0.2) is 35.5 Å². The van der Waals surface area contributed by atoms with Crippen molar-refractivity contribution in [2.45, 2.75) is 13.5 Å². The summed E-state index contributed by atoms with van der Waals surface area (Å²) in [4.78, 5) is 50.0. The molecule has 9 nitrogen and oxygen atoms in total. The van der Waals surface area contributed by atoms with Crippen LogP contribution >= 0.6 is 22.6 Å². The van der Waals surface area contributed by atoms with Crippen molar-refractivity contribution in [2.75, 3.05) is 11.5 Å². The van der Waals surface area contributed by atoms with E-state index in [0.29, 0.717) is 32.9 Å². The topological polar surface area (TPSA) is 122 Å². The molecule has 1 fully saturated rings. The summed E-state index contributed by atoms with van der Waals surface area (Å²) in [5.41, 5.74) is 1.60. The Morgan fingerprint density at radius 2 is 1.73 bits per heavy atom. The van der Waals surface area contributed by atoms with Gasteiger partial charge in [0, 0.05) is 0 Å². The number of nitrogens with one attached hydrogen (secondary N) is 1. The third-order valence-corrected chi connectivity index (χ3v) is 6.14. The minimum Gasteiger partial charge on any atom is -0.490 e. The van der Waals surface area contributed by atoms with Gasteiger partial charge in [-0.1, -0.05) is 30.3 Å². The number of benzene rings is 3. The molecule has 0 spiro atoms. The molecule has 0 unspecified atom stereocenters. The van der Waals surface area contributed by atoms with Gasteiger partial charge in [0.2, 0.25) is 0 Å². The van der Waals surface area contributed by atoms with Crippen LogP contribution in [-0.2, 0) is 16.2 Å². The number of halogens is 1. The van der Waals surface area contributed by atoms with E-state index in [1.54, 1.807) is 54.6 Å². The van der Waals surface area contributed by atoms with Crippen LogP contribution in [0.25, 0.3) is 6.08 Å². The fourth-order valence-electron chi connectivity index (χ4n) is 3.61. The summed E-state index contributed by atoms with van der Waals surface area (Å²) in [5, 5.41) is 11.3. The second-order valence-corrected chi connectivity index (χ2v) is 9.01. The van der Waals surface area contributed by atoms with Crippen molar-refractivity contribution in [2.24, 2.45) is 0 Å². The lowest BCUT2D eigenvalue weighted by molar-refractivity contribution is -0.122. The Balaban J connectivity index is 1.62. The Bertz CT molecular complexity index is 1400. The van der Waals surface area contributed by atoms with Crippen molar-refractivity contribution in [3.63, 3.8) is 0 Å². The van der Waals surface area contributed by atoms with Gasteiger partial charge in [-0.25, -0.2) is 14.5 Å². The third-order valence-electron chi connectivity index (χ3n) is 5.34. The number of barbiturate groups is 1. The van der Waals surface area contributed by atoms with E-state index >= 15 is 0 Å². The number of carboxylic acids is 1. The SMILES string of the molecule is CCOc1cc(/C=C2\C(=O)NC(=O)N(c3ccccc3)C2=O)cc(I)c1OCc1ccc(C(=O)O)cc1. The van der Waals surface area contributed by atoms with Gasteiger partial charge in [-0.3, -0.25) is 14.9 Å². The summed E-state index contributed by atoms with van der Waals surface area (Å²) in [6.45, 7) is 2.33. The molecule has 1 aliphatic rings. The van der Waals surface area contributed by atoms with Crippen LogP contribution in [0.1, 0.15) is 28.4 Å². The maximum absolute atomic E-state index is 13.1. The molecule has 1 saturated heterocycles. The predicted octanol–water partition coefficient (Wildman–Crippen LogP) is 4.63. The predicted molar refractivity (Wildman–Crippen MR) is 144 cm³/mol. The maximum atomic E-state index is 13.1. The molecule has 1 heterocycles. The van der Waals surface area contributed by atoms with E-state index in [4.69, 9.17) is 14.6 Å². The van der Waals surface area contributed by atoms with Gasteiger partial charge >= 0.3 is 12.0 Å². The monoisotopic (exact) mass is 612 g/mol. The quantitative estimate of drug-likeness (QED) is 0.216. The Kier molecular flexibility index (Phi) is 7.87. The van der Waals surface area contributed by atoms with E-state index in [1.165, 1.54) is 18.2 Å². The Labute approximate surface area is 225 Å². The van der Waals surface area contributed by atoms with Gasteiger partial charge in [-0.05, 0) is 83.1 Å². The molecule has 3 aromatic carbocycles. The van der Waals surface area contributed by atoms with E-state index < -0.39 is 23.8 Å². The van der Waals surface area contributed by atoms with Crippen LogP contribution in [0.2, 0.25) is 0 Å². The van der Waals surface area contributed by atoms with Crippen LogP contribution in [0.5, 0.6) is 11.5 Å². The highest BCUT2D eigenvalue weighted by atomic mass is 127. The molecular weight excluding hydrogens is 591 g/mol. The fraction of sp³-hybridized carbons (Fsp3) is 0.111. The van der Waals surface area contributed by atoms with Gasteiger partial charge in [0.25, 0.3) is 11.8 Å². The highest BCUT2D eigenvalue weighted by Crippen LogP contribution is 2.36. The molecule has 0 aliphatic carbocycles.